The van der Waals surface area contributed by atoms with Crippen LogP contribution in [0, 0.1) is 22.2 Å². The van der Waals surface area contributed by atoms with Gasteiger partial charge in [0.2, 0.25) is 5.88 Å². The predicted molar refractivity (Wildman–Crippen MR) is 113 cm³/mol. The number of nitriles is 1. The van der Waals surface area contributed by atoms with Gasteiger partial charge in [-0.25, -0.2) is 4.98 Å². The molecule has 0 amide bonds. The number of aliphatic hydroxyl groups is 1. The van der Waals surface area contributed by atoms with Gasteiger partial charge in [0.1, 0.15) is 12.3 Å². The van der Waals surface area contributed by atoms with Crippen LogP contribution in [0.1, 0.15) is 42.9 Å². The van der Waals surface area contributed by atoms with Crippen LogP contribution in [0.25, 0.3) is 0 Å². The Morgan fingerprint density at radius 1 is 1.27 bits per heavy atom. The number of hydrazone groups is 1. The zero-order chi connectivity index (χ0) is 20.9. The van der Waals surface area contributed by atoms with Gasteiger partial charge in [0.05, 0.1) is 28.3 Å². The minimum atomic E-state index is -0.675. The van der Waals surface area contributed by atoms with Crippen molar-refractivity contribution in [3.05, 3.63) is 57.7 Å². The zero-order valence-electron chi connectivity index (χ0n) is 16.1. The molecular weight excluding hydrogens is 423 g/mol. The van der Waals surface area contributed by atoms with Crippen molar-refractivity contribution in [1.82, 2.24) is 9.99 Å². The molecule has 2 heterocycles. The van der Waals surface area contributed by atoms with Gasteiger partial charge < -0.3 is 9.84 Å². The first kappa shape index (κ1) is 19.6. The van der Waals surface area contributed by atoms with E-state index >= 15 is 0 Å². The summed E-state index contributed by atoms with van der Waals surface area (Å²) in [5, 5.41) is 27.3. The van der Waals surface area contributed by atoms with E-state index < -0.39 is 6.23 Å². The number of pyridine rings is 1. The molecule has 6 rings (SSSR count). The Labute approximate surface area is 184 Å². The van der Waals surface area contributed by atoms with E-state index in [0.717, 1.165) is 24.8 Å². The fraction of sp³-hybridized carbons (Fsp3) is 0.409. The standard InChI is InChI=1S/C22H20Cl2N4O2/c23-16-3-1-2-15(19(16)24)17-6-7-27-28(17)20(29)22-10-21(11-22,12-22)13-30-18-5-4-14(8-25)9-26-18/h1-5,7,9,17,20,29H,6,10-13H2. The van der Waals surface area contributed by atoms with Crippen LogP contribution in [-0.2, 0) is 0 Å². The maximum absolute atomic E-state index is 11.2. The first-order chi connectivity index (χ1) is 14.5. The zero-order valence-corrected chi connectivity index (χ0v) is 17.6. The number of ether oxygens (including phenoxy) is 1. The van der Waals surface area contributed by atoms with Crippen molar-refractivity contribution in [2.75, 3.05) is 6.61 Å². The first-order valence-corrected chi connectivity index (χ1v) is 10.6. The fourth-order valence-electron chi connectivity index (χ4n) is 5.26. The number of aromatic nitrogens is 1. The lowest BCUT2D eigenvalue weighted by Crippen LogP contribution is -2.71. The molecule has 30 heavy (non-hydrogen) atoms. The van der Waals surface area contributed by atoms with Gasteiger partial charge in [0.15, 0.2) is 0 Å². The lowest BCUT2D eigenvalue weighted by atomic mass is 9.34. The first-order valence-electron chi connectivity index (χ1n) is 9.87. The molecule has 3 fully saturated rings. The second-order valence-electron chi connectivity index (χ2n) is 8.62. The third-order valence-electron chi connectivity index (χ3n) is 6.57. The van der Waals surface area contributed by atoms with E-state index in [-0.39, 0.29) is 16.9 Å². The normalized spacial score (nSPS) is 29.7. The molecule has 0 radical (unpaired) electrons. The highest BCUT2D eigenvalue weighted by Crippen LogP contribution is 2.75. The van der Waals surface area contributed by atoms with Gasteiger partial charge in [-0.2, -0.15) is 10.4 Å². The summed E-state index contributed by atoms with van der Waals surface area (Å²) in [6.07, 6.45) is 6.01. The number of rotatable bonds is 6. The number of aliphatic hydroxyl groups excluding tert-OH is 1. The van der Waals surface area contributed by atoms with Crippen LogP contribution in [-0.4, -0.2) is 34.1 Å². The average Bonchev–Trinajstić information content (AvgIpc) is 3.18. The van der Waals surface area contributed by atoms with Crippen molar-refractivity contribution in [1.29, 1.82) is 5.26 Å². The largest absolute Gasteiger partial charge is 0.477 e. The summed E-state index contributed by atoms with van der Waals surface area (Å²) in [6, 6.07) is 10.9. The smallest absolute Gasteiger partial charge is 0.213 e. The van der Waals surface area contributed by atoms with Crippen molar-refractivity contribution in [3.8, 4) is 11.9 Å². The highest BCUT2D eigenvalue weighted by Gasteiger charge is 2.72. The van der Waals surface area contributed by atoms with E-state index in [0.29, 0.717) is 34.5 Å². The lowest BCUT2D eigenvalue weighted by molar-refractivity contribution is -0.299. The second-order valence-corrected chi connectivity index (χ2v) is 9.41. The summed E-state index contributed by atoms with van der Waals surface area (Å²) in [5.41, 5.74) is 1.32. The SMILES string of the molecule is N#Cc1ccc(OCC23CC(C(O)N4N=CCC4c4cccc(Cl)c4Cl)(C2)C3)nc1. The van der Waals surface area contributed by atoms with E-state index in [1.54, 1.807) is 23.2 Å². The van der Waals surface area contributed by atoms with E-state index in [9.17, 15) is 5.11 Å². The number of halogens is 2. The van der Waals surface area contributed by atoms with Crippen LogP contribution < -0.4 is 4.74 Å². The maximum Gasteiger partial charge on any atom is 0.213 e. The van der Waals surface area contributed by atoms with Crippen LogP contribution >= 0.6 is 23.2 Å². The Hall–Kier alpha value is -2.33. The summed E-state index contributed by atoms with van der Waals surface area (Å²) in [5.74, 6) is 0.521. The maximum atomic E-state index is 11.2. The molecule has 6 nitrogen and oxygen atoms in total. The molecule has 4 aliphatic rings. The molecule has 3 aliphatic carbocycles. The second kappa shape index (κ2) is 7.12. The molecule has 0 saturated heterocycles. The van der Waals surface area contributed by atoms with Crippen LogP contribution in [0.2, 0.25) is 10.0 Å². The van der Waals surface area contributed by atoms with Gasteiger partial charge in [-0.05, 0) is 37.0 Å². The van der Waals surface area contributed by atoms with Crippen LogP contribution in [0.3, 0.4) is 0 Å². The molecule has 154 valence electrons. The quantitative estimate of drug-likeness (QED) is 0.708. The minimum Gasteiger partial charge on any atom is -0.477 e. The van der Waals surface area contributed by atoms with E-state index in [1.807, 2.05) is 24.4 Å². The van der Waals surface area contributed by atoms with Crippen molar-refractivity contribution >= 4 is 29.4 Å². The highest BCUT2D eigenvalue weighted by atomic mass is 35.5. The van der Waals surface area contributed by atoms with Gasteiger partial charge >= 0.3 is 0 Å². The number of hydrogen-bond donors (Lipinski definition) is 1. The molecule has 1 N–H and O–H groups in total. The third kappa shape index (κ3) is 3.04. The third-order valence-corrected chi connectivity index (χ3v) is 7.41. The van der Waals surface area contributed by atoms with E-state index in [1.165, 1.54) is 6.20 Å². The minimum absolute atomic E-state index is 0.0865. The fourth-order valence-corrected chi connectivity index (χ4v) is 5.70. The number of hydrogen-bond acceptors (Lipinski definition) is 6. The molecule has 2 aromatic rings. The lowest BCUT2D eigenvalue weighted by Gasteiger charge is -2.72. The monoisotopic (exact) mass is 442 g/mol. The molecule has 2 unspecified atom stereocenters. The van der Waals surface area contributed by atoms with E-state index in [2.05, 4.69) is 10.1 Å². The predicted octanol–water partition coefficient (Wildman–Crippen LogP) is 4.56. The van der Waals surface area contributed by atoms with Crippen molar-refractivity contribution in [3.63, 3.8) is 0 Å². The molecule has 0 spiro atoms. The van der Waals surface area contributed by atoms with Crippen molar-refractivity contribution in [2.45, 2.75) is 38.0 Å². The highest BCUT2D eigenvalue weighted by molar-refractivity contribution is 6.42. The molecule has 1 aromatic carbocycles. The molecular formula is C22H20Cl2N4O2. The van der Waals surface area contributed by atoms with Gasteiger partial charge in [-0.1, -0.05) is 35.3 Å². The van der Waals surface area contributed by atoms with Crippen LogP contribution in [0.5, 0.6) is 5.88 Å². The van der Waals surface area contributed by atoms with Gasteiger partial charge in [-0.3, -0.25) is 5.01 Å². The molecule has 3 saturated carbocycles. The Kier molecular flexibility index (Phi) is 4.66. The molecule has 2 bridgehead atoms. The molecule has 1 aromatic heterocycles. The topological polar surface area (TPSA) is 81.7 Å². The summed E-state index contributed by atoms with van der Waals surface area (Å²) in [7, 11) is 0. The molecule has 8 heteroatoms. The summed E-state index contributed by atoms with van der Waals surface area (Å²) in [6.45, 7) is 0.563. The number of nitrogens with zero attached hydrogens (tertiary/aromatic N) is 4. The van der Waals surface area contributed by atoms with Gasteiger partial charge in [0, 0.05) is 35.7 Å². The van der Waals surface area contributed by atoms with E-state index in [4.69, 9.17) is 33.2 Å². The average molecular weight is 443 g/mol. The molecule has 2 atom stereocenters. The van der Waals surface area contributed by atoms with Crippen molar-refractivity contribution in [2.24, 2.45) is 15.9 Å². The summed E-state index contributed by atoms with van der Waals surface area (Å²) < 4.78 is 5.84. The van der Waals surface area contributed by atoms with Gasteiger partial charge in [-0.15, -0.1) is 0 Å². The molecule has 1 aliphatic heterocycles. The van der Waals surface area contributed by atoms with Crippen LogP contribution in [0.4, 0.5) is 0 Å². The summed E-state index contributed by atoms with van der Waals surface area (Å²) >= 11 is 12.6. The Morgan fingerprint density at radius 2 is 2.07 bits per heavy atom. The Morgan fingerprint density at radius 3 is 2.77 bits per heavy atom. The Bertz CT molecular complexity index is 1030. The Balaban J connectivity index is 1.22. The van der Waals surface area contributed by atoms with Crippen LogP contribution in [0.15, 0.2) is 41.6 Å². The summed E-state index contributed by atoms with van der Waals surface area (Å²) in [4.78, 5) is 4.16. The van der Waals surface area contributed by atoms with Crippen molar-refractivity contribution < 1.29 is 9.84 Å². The van der Waals surface area contributed by atoms with Gasteiger partial charge in [0.25, 0.3) is 0 Å². The number of benzene rings is 1.